The van der Waals surface area contributed by atoms with Gasteiger partial charge in [-0.05, 0) is 5.92 Å². The highest BCUT2D eigenvalue weighted by atomic mass is 16.1. The van der Waals surface area contributed by atoms with Crippen molar-refractivity contribution in [3.05, 3.63) is 0 Å². The molecule has 2 heteroatoms. The van der Waals surface area contributed by atoms with E-state index in [0.717, 1.165) is 12.8 Å². The summed E-state index contributed by atoms with van der Waals surface area (Å²) in [6.45, 7) is 4.86. The zero-order chi connectivity index (χ0) is 7.11. The van der Waals surface area contributed by atoms with Crippen molar-refractivity contribution >= 4 is 6.08 Å². The molecule has 0 aromatic carbocycles. The number of rotatable bonds is 4. The molecule has 0 saturated heterocycles. The molecule has 0 aromatic heterocycles. The molecule has 0 bridgehead atoms. The van der Waals surface area contributed by atoms with E-state index in [-0.39, 0.29) is 0 Å². The predicted octanol–water partition coefficient (Wildman–Crippen LogP) is 1.76. The maximum absolute atomic E-state index is 9.65. The summed E-state index contributed by atoms with van der Waals surface area (Å²) in [6, 6.07) is 0. The third kappa shape index (κ3) is 3.92. The Hall–Kier alpha value is -0.620. The molecule has 0 fully saturated rings. The smallest absolute Gasteiger partial charge is 0.211 e. The third-order valence-corrected chi connectivity index (χ3v) is 1.57. The summed E-state index contributed by atoms with van der Waals surface area (Å²) in [5.41, 5.74) is 0. The van der Waals surface area contributed by atoms with Crippen LogP contribution in [0.4, 0.5) is 0 Å². The summed E-state index contributed by atoms with van der Waals surface area (Å²) >= 11 is 0. The molecule has 0 radical (unpaired) electrons. The minimum atomic E-state index is 0.575. The van der Waals surface area contributed by atoms with Crippen molar-refractivity contribution in [2.24, 2.45) is 10.9 Å². The van der Waals surface area contributed by atoms with Crippen LogP contribution >= 0.6 is 0 Å². The van der Waals surface area contributed by atoms with Crippen molar-refractivity contribution in [3.8, 4) is 0 Å². The maximum Gasteiger partial charge on any atom is 0.234 e. The molecule has 0 aromatic rings. The van der Waals surface area contributed by atoms with Gasteiger partial charge in [-0.1, -0.05) is 26.7 Å². The third-order valence-electron chi connectivity index (χ3n) is 1.57. The molecule has 9 heavy (non-hydrogen) atoms. The summed E-state index contributed by atoms with van der Waals surface area (Å²) in [4.78, 5) is 13.2. The van der Waals surface area contributed by atoms with Crippen LogP contribution in [0.1, 0.15) is 26.7 Å². The number of aliphatic imine (C=N–C) groups is 1. The summed E-state index contributed by atoms with van der Waals surface area (Å²) in [7, 11) is 0. The van der Waals surface area contributed by atoms with E-state index in [9.17, 15) is 4.79 Å². The van der Waals surface area contributed by atoms with Gasteiger partial charge < -0.3 is 0 Å². The highest BCUT2D eigenvalue weighted by molar-refractivity contribution is 5.32. The molecule has 52 valence electrons. The summed E-state index contributed by atoms with van der Waals surface area (Å²) in [6.07, 6.45) is 3.74. The number of hydrogen-bond donors (Lipinski definition) is 0. The average molecular weight is 127 g/mol. The van der Waals surface area contributed by atoms with Gasteiger partial charge in [0, 0.05) is 0 Å². The molecule has 0 amide bonds. The van der Waals surface area contributed by atoms with Crippen LogP contribution in [0.15, 0.2) is 4.99 Å². The molecule has 0 aliphatic heterocycles. The van der Waals surface area contributed by atoms with E-state index < -0.39 is 0 Å². The molecule has 0 aliphatic rings. The van der Waals surface area contributed by atoms with Crippen LogP contribution in [-0.4, -0.2) is 12.6 Å². The SMILES string of the molecule is CCC(CC)CN=C=O. The quantitative estimate of drug-likeness (QED) is 0.418. The standard InChI is InChI=1S/C7H13NO/c1-3-7(4-2)5-8-6-9/h7H,3-5H2,1-2H3. The number of nitrogens with zero attached hydrogens (tertiary/aromatic N) is 1. The van der Waals surface area contributed by atoms with Crippen molar-refractivity contribution in [2.75, 3.05) is 6.54 Å². The van der Waals surface area contributed by atoms with Crippen molar-refractivity contribution in [1.82, 2.24) is 0 Å². The highest BCUT2D eigenvalue weighted by Crippen LogP contribution is 2.06. The molecular formula is C7H13NO. The lowest BCUT2D eigenvalue weighted by molar-refractivity contribution is 0.500. The van der Waals surface area contributed by atoms with Gasteiger partial charge in [0.2, 0.25) is 6.08 Å². The van der Waals surface area contributed by atoms with Crippen molar-refractivity contribution in [2.45, 2.75) is 26.7 Å². The zero-order valence-corrected chi connectivity index (χ0v) is 6.05. The Morgan fingerprint density at radius 3 is 2.33 bits per heavy atom. The van der Waals surface area contributed by atoms with Gasteiger partial charge in [-0.3, -0.25) is 0 Å². The van der Waals surface area contributed by atoms with E-state index in [2.05, 4.69) is 18.8 Å². The Balaban J connectivity index is 3.42. The van der Waals surface area contributed by atoms with Crippen LogP contribution < -0.4 is 0 Å². The van der Waals surface area contributed by atoms with E-state index in [1.807, 2.05) is 0 Å². The van der Waals surface area contributed by atoms with Crippen LogP contribution in [-0.2, 0) is 4.79 Å². The van der Waals surface area contributed by atoms with Crippen LogP contribution in [0.3, 0.4) is 0 Å². The van der Waals surface area contributed by atoms with E-state index in [0.29, 0.717) is 12.5 Å². The second-order valence-corrected chi connectivity index (χ2v) is 2.11. The fraction of sp³-hybridized carbons (Fsp3) is 0.857. The molecular weight excluding hydrogens is 114 g/mol. The second-order valence-electron chi connectivity index (χ2n) is 2.11. The number of hydrogen-bond acceptors (Lipinski definition) is 2. The highest BCUT2D eigenvalue weighted by Gasteiger charge is 1.99. The second kappa shape index (κ2) is 5.52. The predicted molar refractivity (Wildman–Crippen MR) is 37.1 cm³/mol. The van der Waals surface area contributed by atoms with Gasteiger partial charge >= 0.3 is 0 Å². The molecule has 2 nitrogen and oxygen atoms in total. The fourth-order valence-corrected chi connectivity index (χ4v) is 0.713. The van der Waals surface area contributed by atoms with Crippen molar-refractivity contribution < 1.29 is 4.79 Å². The largest absolute Gasteiger partial charge is 0.234 e. The van der Waals surface area contributed by atoms with E-state index in [1.54, 1.807) is 6.08 Å². The molecule has 0 unspecified atom stereocenters. The Kier molecular flexibility index (Phi) is 5.14. The van der Waals surface area contributed by atoms with E-state index in [1.165, 1.54) is 0 Å². The molecule has 0 heterocycles. The van der Waals surface area contributed by atoms with Crippen LogP contribution in [0, 0.1) is 5.92 Å². The van der Waals surface area contributed by atoms with Gasteiger partial charge in [0.1, 0.15) is 0 Å². The van der Waals surface area contributed by atoms with Gasteiger partial charge in [0.25, 0.3) is 0 Å². The van der Waals surface area contributed by atoms with E-state index >= 15 is 0 Å². The first-order chi connectivity index (χ1) is 4.35. The first-order valence-electron chi connectivity index (χ1n) is 3.38. The van der Waals surface area contributed by atoms with Gasteiger partial charge in [0.05, 0.1) is 6.54 Å². The Bertz CT molecular complexity index is 101. The van der Waals surface area contributed by atoms with Gasteiger partial charge in [0.15, 0.2) is 0 Å². The lowest BCUT2D eigenvalue weighted by Gasteiger charge is -2.04. The van der Waals surface area contributed by atoms with Crippen LogP contribution in [0.2, 0.25) is 0 Å². The Morgan fingerprint density at radius 2 is 2.00 bits per heavy atom. The minimum absolute atomic E-state index is 0.575. The normalized spacial score (nSPS) is 9.22. The molecule has 0 aliphatic carbocycles. The first kappa shape index (κ1) is 8.38. The number of carbonyl (C=O) groups excluding carboxylic acids is 1. The summed E-state index contributed by atoms with van der Waals surface area (Å²) in [5, 5.41) is 0. The lowest BCUT2D eigenvalue weighted by Crippen LogP contribution is -2.00. The van der Waals surface area contributed by atoms with Crippen molar-refractivity contribution in [3.63, 3.8) is 0 Å². The minimum Gasteiger partial charge on any atom is -0.211 e. The van der Waals surface area contributed by atoms with Crippen molar-refractivity contribution in [1.29, 1.82) is 0 Å². The number of isocyanates is 1. The average Bonchev–Trinajstić information content (AvgIpc) is 1.91. The first-order valence-corrected chi connectivity index (χ1v) is 3.38. The molecule has 0 saturated carbocycles. The molecule has 0 N–H and O–H groups in total. The zero-order valence-electron chi connectivity index (χ0n) is 6.05. The van der Waals surface area contributed by atoms with E-state index in [4.69, 9.17) is 0 Å². The molecule has 0 rings (SSSR count). The molecule has 0 atom stereocenters. The Morgan fingerprint density at radius 1 is 1.44 bits per heavy atom. The Labute approximate surface area is 56.0 Å². The maximum atomic E-state index is 9.65. The summed E-state index contributed by atoms with van der Waals surface area (Å²) in [5.74, 6) is 0.575. The summed E-state index contributed by atoms with van der Waals surface area (Å²) < 4.78 is 0. The lowest BCUT2D eigenvalue weighted by atomic mass is 10.0. The monoisotopic (exact) mass is 127 g/mol. The van der Waals surface area contributed by atoms with Crippen LogP contribution in [0.5, 0.6) is 0 Å². The van der Waals surface area contributed by atoms with Gasteiger partial charge in [-0.15, -0.1) is 0 Å². The molecule has 0 spiro atoms. The topological polar surface area (TPSA) is 29.4 Å². The van der Waals surface area contributed by atoms with Crippen LogP contribution in [0.25, 0.3) is 0 Å². The fourth-order valence-electron chi connectivity index (χ4n) is 0.713. The van der Waals surface area contributed by atoms with Gasteiger partial charge in [-0.2, -0.15) is 0 Å². The van der Waals surface area contributed by atoms with Gasteiger partial charge in [-0.25, -0.2) is 9.79 Å².